The van der Waals surface area contributed by atoms with Gasteiger partial charge in [-0.05, 0) is 30.0 Å². The van der Waals surface area contributed by atoms with Gasteiger partial charge in [-0.2, -0.15) is 0 Å². The number of nitrogens with zero attached hydrogens (tertiary/aromatic N) is 1. The Kier molecular flexibility index (Phi) is 7.29. The molecule has 0 saturated carbocycles. The number of hydrogen-bond donors (Lipinski definition) is 3. The highest BCUT2D eigenvalue weighted by Gasteiger charge is 2.04. The Balaban J connectivity index is 2.51. The quantitative estimate of drug-likeness (QED) is 0.552. The average Bonchev–Trinajstić information content (AvgIpc) is 2.49. The first-order chi connectivity index (χ1) is 10.1. The number of rotatable bonds is 6. The van der Waals surface area contributed by atoms with E-state index in [0.29, 0.717) is 18.0 Å². The highest BCUT2D eigenvalue weighted by atomic mass is 16.1. The van der Waals surface area contributed by atoms with E-state index in [-0.39, 0.29) is 5.91 Å². The summed E-state index contributed by atoms with van der Waals surface area (Å²) in [6.45, 7) is 5.92. The molecule has 1 rings (SSSR count). The second-order valence-corrected chi connectivity index (χ2v) is 5.31. The maximum atomic E-state index is 11.6. The largest absolute Gasteiger partial charge is 0.356 e. The normalized spacial score (nSPS) is 11.4. The van der Waals surface area contributed by atoms with Gasteiger partial charge in [0.1, 0.15) is 0 Å². The molecule has 0 aromatic heterocycles. The Labute approximate surface area is 127 Å². The third kappa shape index (κ3) is 6.29. The molecule has 5 nitrogen and oxygen atoms in total. The van der Waals surface area contributed by atoms with Gasteiger partial charge in [-0.25, -0.2) is 0 Å². The molecular weight excluding hydrogens is 264 g/mol. The van der Waals surface area contributed by atoms with Gasteiger partial charge in [-0.3, -0.25) is 9.79 Å². The second-order valence-electron chi connectivity index (χ2n) is 5.31. The van der Waals surface area contributed by atoms with Crippen molar-refractivity contribution in [3.8, 4) is 0 Å². The summed E-state index contributed by atoms with van der Waals surface area (Å²) in [7, 11) is 3.39. The van der Waals surface area contributed by atoms with E-state index in [1.54, 1.807) is 20.2 Å². The van der Waals surface area contributed by atoms with E-state index in [1.807, 2.05) is 18.2 Å². The van der Waals surface area contributed by atoms with E-state index in [1.165, 1.54) is 0 Å². The maximum absolute atomic E-state index is 11.6. The number of carbonyl (C=O) groups is 1. The number of nitrogens with one attached hydrogen (secondary N) is 3. The molecule has 0 saturated heterocycles. The highest BCUT2D eigenvalue weighted by molar-refractivity contribution is 5.94. The minimum atomic E-state index is -0.0729. The summed E-state index contributed by atoms with van der Waals surface area (Å²) in [5.74, 6) is 1.37. The van der Waals surface area contributed by atoms with Crippen molar-refractivity contribution in [3.63, 3.8) is 0 Å². The molecule has 0 bridgehead atoms. The third-order valence-electron chi connectivity index (χ3n) is 3.11. The zero-order valence-electron chi connectivity index (χ0n) is 13.4. The molecule has 5 heteroatoms. The number of amides is 1. The van der Waals surface area contributed by atoms with Gasteiger partial charge in [0.2, 0.25) is 0 Å². The molecule has 1 amide bonds. The number of guanidine groups is 1. The van der Waals surface area contributed by atoms with Gasteiger partial charge in [0, 0.05) is 32.7 Å². The first-order valence-electron chi connectivity index (χ1n) is 7.32. The molecular formula is C16H26N4O. The number of benzene rings is 1. The molecule has 3 N–H and O–H groups in total. The molecule has 0 heterocycles. The minimum absolute atomic E-state index is 0.0729. The van der Waals surface area contributed by atoms with Crippen molar-refractivity contribution in [2.45, 2.75) is 26.8 Å². The molecule has 21 heavy (non-hydrogen) atoms. The smallest absolute Gasteiger partial charge is 0.251 e. The fourth-order valence-electron chi connectivity index (χ4n) is 1.85. The van der Waals surface area contributed by atoms with Crippen LogP contribution in [0.1, 0.15) is 36.2 Å². The molecule has 0 spiro atoms. The predicted molar refractivity (Wildman–Crippen MR) is 87.5 cm³/mol. The summed E-state index contributed by atoms with van der Waals surface area (Å²) < 4.78 is 0. The standard InChI is InChI=1S/C16H26N4O/c1-12(2)8-9-19-16(18-4)20-11-13-6-5-7-14(10-13)15(21)17-3/h5-7,10,12H,8-9,11H2,1-4H3,(H,17,21)(H2,18,19,20). The van der Waals surface area contributed by atoms with Crippen molar-refractivity contribution in [1.82, 2.24) is 16.0 Å². The number of aliphatic imine (C=N–C) groups is 1. The van der Waals surface area contributed by atoms with Gasteiger partial charge in [0.05, 0.1) is 0 Å². The number of hydrogen-bond acceptors (Lipinski definition) is 2. The van der Waals surface area contributed by atoms with Gasteiger partial charge in [-0.15, -0.1) is 0 Å². The van der Waals surface area contributed by atoms with E-state index < -0.39 is 0 Å². The van der Waals surface area contributed by atoms with Crippen LogP contribution >= 0.6 is 0 Å². The van der Waals surface area contributed by atoms with Crippen LogP contribution in [0.3, 0.4) is 0 Å². The highest BCUT2D eigenvalue weighted by Crippen LogP contribution is 2.05. The van der Waals surface area contributed by atoms with Crippen LogP contribution in [0.25, 0.3) is 0 Å². The number of carbonyl (C=O) groups excluding carboxylic acids is 1. The van der Waals surface area contributed by atoms with Crippen LogP contribution in [0, 0.1) is 5.92 Å². The van der Waals surface area contributed by atoms with E-state index in [4.69, 9.17) is 0 Å². The van der Waals surface area contributed by atoms with Crippen LogP contribution in [-0.4, -0.2) is 32.5 Å². The van der Waals surface area contributed by atoms with Crippen LogP contribution in [0.4, 0.5) is 0 Å². The lowest BCUT2D eigenvalue weighted by Gasteiger charge is -2.13. The summed E-state index contributed by atoms with van der Waals surface area (Å²) in [5, 5.41) is 9.16. The molecule has 0 atom stereocenters. The van der Waals surface area contributed by atoms with Crippen molar-refractivity contribution in [3.05, 3.63) is 35.4 Å². The van der Waals surface area contributed by atoms with Crippen LogP contribution in [-0.2, 0) is 6.54 Å². The van der Waals surface area contributed by atoms with Crippen LogP contribution < -0.4 is 16.0 Å². The molecule has 0 aliphatic rings. The van der Waals surface area contributed by atoms with Gasteiger partial charge >= 0.3 is 0 Å². The fraction of sp³-hybridized carbons (Fsp3) is 0.500. The lowest BCUT2D eigenvalue weighted by molar-refractivity contribution is 0.0963. The Morgan fingerprint density at radius 2 is 2.05 bits per heavy atom. The molecule has 0 radical (unpaired) electrons. The first kappa shape index (κ1) is 17.0. The van der Waals surface area contributed by atoms with Crippen molar-refractivity contribution in [1.29, 1.82) is 0 Å². The topological polar surface area (TPSA) is 65.5 Å². The average molecular weight is 290 g/mol. The van der Waals surface area contributed by atoms with E-state index >= 15 is 0 Å². The summed E-state index contributed by atoms with van der Waals surface area (Å²) in [5.41, 5.74) is 1.71. The molecule has 1 aromatic carbocycles. The van der Waals surface area contributed by atoms with Gasteiger partial charge in [0.15, 0.2) is 5.96 Å². The minimum Gasteiger partial charge on any atom is -0.356 e. The zero-order chi connectivity index (χ0) is 15.7. The molecule has 0 unspecified atom stereocenters. The van der Waals surface area contributed by atoms with Crippen LogP contribution in [0.15, 0.2) is 29.3 Å². The predicted octanol–water partition coefficient (Wildman–Crippen LogP) is 1.76. The van der Waals surface area contributed by atoms with Crippen molar-refractivity contribution >= 4 is 11.9 Å². The maximum Gasteiger partial charge on any atom is 0.251 e. The fourth-order valence-corrected chi connectivity index (χ4v) is 1.85. The molecule has 116 valence electrons. The van der Waals surface area contributed by atoms with Gasteiger partial charge in [0.25, 0.3) is 5.91 Å². The SMILES string of the molecule is CN=C(NCCC(C)C)NCc1cccc(C(=O)NC)c1. The summed E-state index contributed by atoms with van der Waals surface area (Å²) in [4.78, 5) is 15.8. The Morgan fingerprint density at radius 1 is 1.29 bits per heavy atom. The van der Waals surface area contributed by atoms with Crippen LogP contribution in [0.5, 0.6) is 0 Å². The van der Waals surface area contributed by atoms with E-state index in [9.17, 15) is 4.79 Å². The first-order valence-corrected chi connectivity index (χ1v) is 7.32. The Bertz CT molecular complexity index is 483. The van der Waals surface area contributed by atoms with Crippen LogP contribution in [0.2, 0.25) is 0 Å². The molecule has 0 aliphatic carbocycles. The van der Waals surface area contributed by atoms with Crippen molar-refractivity contribution < 1.29 is 4.79 Å². The molecule has 1 aromatic rings. The summed E-state index contributed by atoms with van der Waals surface area (Å²) >= 11 is 0. The van der Waals surface area contributed by atoms with E-state index in [0.717, 1.165) is 24.5 Å². The van der Waals surface area contributed by atoms with Crippen molar-refractivity contribution in [2.75, 3.05) is 20.6 Å². The van der Waals surface area contributed by atoms with Crippen molar-refractivity contribution in [2.24, 2.45) is 10.9 Å². The summed E-state index contributed by atoms with van der Waals surface area (Å²) in [6, 6.07) is 7.56. The lowest BCUT2D eigenvalue weighted by atomic mass is 10.1. The third-order valence-corrected chi connectivity index (χ3v) is 3.11. The Morgan fingerprint density at radius 3 is 2.67 bits per heavy atom. The van der Waals surface area contributed by atoms with E-state index in [2.05, 4.69) is 34.8 Å². The summed E-state index contributed by atoms with van der Waals surface area (Å²) in [6.07, 6.45) is 1.10. The lowest BCUT2D eigenvalue weighted by Crippen LogP contribution is -2.37. The Hall–Kier alpha value is -2.04. The second kappa shape index (κ2) is 9.00. The zero-order valence-corrected chi connectivity index (χ0v) is 13.4. The molecule has 0 fully saturated rings. The monoisotopic (exact) mass is 290 g/mol. The van der Waals surface area contributed by atoms with Gasteiger partial charge in [-0.1, -0.05) is 26.0 Å². The molecule has 0 aliphatic heterocycles. The van der Waals surface area contributed by atoms with Gasteiger partial charge < -0.3 is 16.0 Å².